The third-order valence-corrected chi connectivity index (χ3v) is 6.11. The van der Waals surface area contributed by atoms with E-state index in [1.54, 1.807) is 0 Å². The summed E-state index contributed by atoms with van der Waals surface area (Å²) in [6.45, 7) is 1.23. The Morgan fingerprint density at radius 3 is 2.74 bits per heavy atom. The Balaban J connectivity index is 1.31. The molecule has 1 aromatic carbocycles. The van der Waals surface area contributed by atoms with Crippen molar-refractivity contribution in [1.82, 2.24) is 15.2 Å². The van der Waals surface area contributed by atoms with E-state index in [1.807, 2.05) is 23.2 Å². The highest BCUT2D eigenvalue weighted by atomic mass is 16.2. The summed E-state index contributed by atoms with van der Waals surface area (Å²) in [6.07, 6.45) is 10.3. The van der Waals surface area contributed by atoms with Gasteiger partial charge in [-0.3, -0.25) is 9.59 Å². The number of H-pyrrole nitrogens is 1. The molecular formula is C22H29N3O2. The van der Waals surface area contributed by atoms with Crippen molar-refractivity contribution in [2.45, 2.75) is 57.4 Å². The molecule has 5 heteroatoms. The summed E-state index contributed by atoms with van der Waals surface area (Å²) in [6, 6.07) is 8.53. The number of hydrogen-bond donors (Lipinski definition) is 2. The van der Waals surface area contributed by atoms with Gasteiger partial charge in [0.25, 0.3) is 0 Å². The van der Waals surface area contributed by atoms with Gasteiger partial charge in [0.05, 0.1) is 5.92 Å². The summed E-state index contributed by atoms with van der Waals surface area (Å²) in [7, 11) is 0. The summed E-state index contributed by atoms with van der Waals surface area (Å²) in [5.74, 6) is -0.00979. The van der Waals surface area contributed by atoms with E-state index in [9.17, 15) is 9.59 Å². The highest BCUT2D eigenvalue weighted by Gasteiger charge is 2.34. The highest BCUT2D eigenvalue weighted by Crippen LogP contribution is 2.23. The molecule has 2 heterocycles. The Morgan fingerprint density at radius 1 is 1.15 bits per heavy atom. The first-order valence-corrected chi connectivity index (χ1v) is 10.3. The molecule has 27 heavy (non-hydrogen) atoms. The van der Waals surface area contributed by atoms with Crippen molar-refractivity contribution >= 4 is 22.7 Å². The largest absolute Gasteiger partial charge is 0.361 e. The van der Waals surface area contributed by atoms with E-state index in [0.29, 0.717) is 25.6 Å². The standard InChI is InChI=1S/C22H29N3O2/c26-21-13-17(22(27)24-18-7-3-1-2-4-8-18)15-25(21)12-11-16-14-23-20-10-6-5-9-19(16)20/h5-6,9-10,14,17-18,23H,1-4,7-8,11-13,15H2,(H,24,27). The molecule has 1 saturated heterocycles. The van der Waals surface area contributed by atoms with Crippen molar-refractivity contribution < 1.29 is 9.59 Å². The average Bonchev–Trinajstić information content (AvgIpc) is 3.15. The lowest BCUT2D eigenvalue weighted by Gasteiger charge is -2.19. The number of likely N-dealkylation sites (tertiary alicyclic amines) is 1. The summed E-state index contributed by atoms with van der Waals surface area (Å²) in [5.41, 5.74) is 2.35. The maximum Gasteiger partial charge on any atom is 0.225 e. The van der Waals surface area contributed by atoms with Gasteiger partial charge in [0.15, 0.2) is 0 Å². The number of fused-ring (bicyclic) bond motifs is 1. The molecule has 1 aliphatic heterocycles. The quantitative estimate of drug-likeness (QED) is 0.796. The van der Waals surface area contributed by atoms with Crippen LogP contribution in [-0.4, -0.2) is 40.8 Å². The number of hydrogen-bond acceptors (Lipinski definition) is 2. The van der Waals surface area contributed by atoms with Crippen LogP contribution in [0.5, 0.6) is 0 Å². The van der Waals surface area contributed by atoms with Crippen LogP contribution in [0.4, 0.5) is 0 Å². The molecule has 5 nitrogen and oxygen atoms in total. The van der Waals surface area contributed by atoms with Gasteiger partial charge in [-0.2, -0.15) is 0 Å². The van der Waals surface area contributed by atoms with E-state index in [1.165, 1.54) is 36.6 Å². The first-order valence-electron chi connectivity index (χ1n) is 10.3. The van der Waals surface area contributed by atoms with Crippen molar-refractivity contribution in [2.24, 2.45) is 5.92 Å². The molecule has 4 rings (SSSR count). The molecule has 2 N–H and O–H groups in total. The summed E-state index contributed by atoms with van der Waals surface area (Å²) in [5, 5.41) is 4.43. The van der Waals surface area contributed by atoms with Crippen LogP contribution in [0.15, 0.2) is 30.5 Å². The third kappa shape index (κ3) is 4.18. The molecule has 2 fully saturated rings. The number of amides is 2. The van der Waals surface area contributed by atoms with Gasteiger partial charge in [-0.15, -0.1) is 0 Å². The number of carbonyl (C=O) groups is 2. The molecular weight excluding hydrogens is 338 g/mol. The molecule has 0 bridgehead atoms. The van der Waals surface area contributed by atoms with Gasteiger partial charge in [0.2, 0.25) is 11.8 Å². The molecule has 1 unspecified atom stereocenters. The molecule has 0 spiro atoms. The fourth-order valence-corrected chi connectivity index (χ4v) is 4.50. The lowest BCUT2D eigenvalue weighted by atomic mass is 10.0. The smallest absolute Gasteiger partial charge is 0.225 e. The van der Waals surface area contributed by atoms with Gasteiger partial charge in [-0.25, -0.2) is 0 Å². The molecule has 2 aliphatic rings. The Labute approximate surface area is 160 Å². The molecule has 1 saturated carbocycles. The summed E-state index contributed by atoms with van der Waals surface area (Å²) >= 11 is 0. The van der Waals surface area contributed by atoms with Crippen molar-refractivity contribution in [3.8, 4) is 0 Å². The number of aromatic amines is 1. The van der Waals surface area contributed by atoms with E-state index in [4.69, 9.17) is 0 Å². The zero-order valence-corrected chi connectivity index (χ0v) is 15.9. The lowest BCUT2D eigenvalue weighted by molar-refractivity contribution is -0.129. The maximum atomic E-state index is 12.6. The van der Waals surface area contributed by atoms with Crippen molar-refractivity contribution in [3.63, 3.8) is 0 Å². The minimum atomic E-state index is -0.191. The number of para-hydroxylation sites is 1. The van der Waals surface area contributed by atoms with Gasteiger partial charge in [0.1, 0.15) is 0 Å². The normalized spacial score (nSPS) is 21.6. The number of nitrogens with one attached hydrogen (secondary N) is 2. The van der Waals surface area contributed by atoms with E-state index in [2.05, 4.69) is 22.4 Å². The maximum absolute atomic E-state index is 12.6. The molecule has 0 radical (unpaired) electrons. The number of nitrogens with zero attached hydrogens (tertiary/aromatic N) is 1. The number of rotatable bonds is 5. The molecule has 144 valence electrons. The molecule has 2 aromatic rings. The van der Waals surface area contributed by atoms with Crippen LogP contribution in [0, 0.1) is 5.92 Å². The minimum absolute atomic E-state index is 0.0739. The fraction of sp³-hybridized carbons (Fsp3) is 0.545. The zero-order chi connectivity index (χ0) is 18.6. The monoisotopic (exact) mass is 367 g/mol. The SMILES string of the molecule is O=C(NC1CCCCCC1)C1CC(=O)N(CCc2c[nH]c3ccccc23)C1. The first-order chi connectivity index (χ1) is 13.2. The predicted octanol–water partition coefficient (Wildman–Crippen LogP) is 3.40. The third-order valence-electron chi connectivity index (χ3n) is 6.11. The average molecular weight is 367 g/mol. The molecule has 1 atom stereocenters. The van der Waals surface area contributed by atoms with Crippen LogP contribution in [-0.2, 0) is 16.0 Å². The highest BCUT2D eigenvalue weighted by molar-refractivity contribution is 5.89. The first kappa shape index (κ1) is 18.1. The van der Waals surface area contributed by atoms with Gasteiger partial charge in [-0.1, -0.05) is 43.9 Å². The molecule has 1 aliphatic carbocycles. The van der Waals surface area contributed by atoms with Gasteiger partial charge < -0.3 is 15.2 Å². The predicted molar refractivity (Wildman–Crippen MR) is 106 cm³/mol. The Kier molecular flexibility index (Phi) is 5.46. The van der Waals surface area contributed by atoms with Crippen LogP contribution < -0.4 is 5.32 Å². The van der Waals surface area contributed by atoms with Crippen molar-refractivity contribution in [1.29, 1.82) is 0 Å². The van der Waals surface area contributed by atoms with Crippen LogP contribution in [0.1, 0.15) is 50.5 Å². The van der Waals surface area contributed by atoms with Gasteiger partial charge in [-0.05, 0) is 30.9 Å². The lowest BCUT2D eigenvalue weighted by Crippen LogP contribution is -2.39. The Bertz CT molecular complexity index is 805. The second-order valence-electron chi connectivity index (χ2n) is 8.05. The summed E-state index contributed by atoms with van der Waals surface area (Å²) < 4.78 is 0. The number of benzene rings is 1. The van der Waals surface area contributed by atoms with Crippen molar-refractivity contribution in [2.75, 3.05) is 13.1 Å². The van der Waals surface area contributed by atoms with Gasteiger partial charge in [0, 0.05) is 42.7 Å². The van der Waals surface area contributed by atoms with Gasteiger partial charge >= 0.3 is 0 Å². The Hall–Kier alpha value is -2.30. The van der Waals surface area contributed by atoms with E-state index < -0.39 is 0 Å². The molecule has 1 aromatic heterocycles. The molecule has 2 amide bonds. The Morgan fingerprint density at radius 2 is 1.93 bits per heavy atom. The van der Waals surface area contributed by atoms with E-state index in [-0.39, 0.29) is 17.7 Å². The van der Waals surface area contributed by atoms with Crippen LogP contribution >= 0.6 is 0 Å². The number of carbonyl (C=O) groups excluding carboxylic acids is 2. The minimum Gasteiger partial charge on any atom is -0.361 e. The number of aromatic nitrogens is 1. The van der Waals surface area contributed by atoms with Crippen LogP contribution in [0.25, 0.3) is 10.9 Å². The summed E-state index contributed by atoms with van der Waals surface area (Å²) in [4.78, 5) is 30.2. The second-order valence-corrected chi connectivity index (χ2v) is 8.05. The van der Waals surface area contributed by atoms with E-state index in [0.717, 1.165) is 24.8 Å². The van der Waals surface area contributed by atoms with Crippen LogP contribution in [0.3, 0.4) is 0 Å². The topological polar surface area (TPSA) is 65.2 Å². The van der Waals surface area contributed by atoms with Crippen LogP contribution in [0.2, 0.25) is 0 Å². The zero-order valence-electron chi connectivity index (χ0n) is 15.9. The fourth-order valence-electron chi connectivity index (χ4n) is 4.50. The second kappa shape index (κ2) is 8.15. The van der Waals surface area contributed by atoms with Crippen molar-refractivity contribution in [3.05, 3.63) is 36.0 Å². The van der Waals surface area contributed by atoms with E-state index >= 15 is 0 Å².